The SMILES string of the molecule is NC(=O)C1(c2cc(-c3cccs3)ccc2N)NC2=C(CN(C(=O)Nc3ccccc3OC(F)F)CC2)S1. The van der Waals surface area contributed by atoms with Crippen molar-refractivity contribution in [3.63, 3.8) is 0 Å². The van der Waals surface area contributed by atoms with Crippen molar-refractivity contribution in [3.8, 4) is 16.2 Å². The number of anilines is 2. The molecule has 192 valence electrons. The molecule has 1 unspecified atom stereocenters. The molecule has 6 N–H and O–H groups in total. The van der Waals surface area contributed by atoms with E-state index in [4.69, 9.17) is 11.5 Å². The molecule has 0 spiro atoms. The van der Waals surface area contributed by atoms with Crippen molar-refractivity contribution in [3.05, 3.63) is 76.1 Å². The van der Waals surface area contributed by atoms with Gasteiger partial charge in [0.05, 0.1) is 12.2 Å². The van der Waals surface area contributed by atoms with Gasteiger partial charge in [-0.1, -0.05) is 36.0 Å². The average molecular weight is 544 g/mol. The highest BCUT2D eigenvalue weighted by molar-refractivity contribution is 8.05. The van der Waals surface area contributed by atoms with Crippen molar-refractivity contribution in [1.29, 1.82) is 0 Å². The summed E-state index contributed by atoms with van der Waals surface area (Å²) in [7, 11) is 0. The first kappa shape index (κ1) is 24.9. The number of primary amides is 1. The number of halogens is 2. The van der Waals surface area contributed by atoms with Crippen LogP contribution in [0.1, 0.15) is 12.0 Å². The minimum Gasteiger partial charge on any atom is -0.433 e. The number of thioether (sulfide) groups is 1. The van der Waals surface area contributed by atoms with Crippen LogP contribution in [0.15, 0.2) is 70.6 Å². The van der Waals surface area contributed by atoms with Crippen molar-refractivity contribution in [2.45, 2.75) is 17.9 Å². The first-order valence-corrected chi connectivity index (χ1v) is 13.0. The molecular formula is C25H23F2N5O3S2. The topological polar surface area (TPSA) is 123 Å². The van der Waals surface area contributed by atoms with E-state index in [1.54, 1.807) is 23.5 Å². The van der Waals surface area contributed by atoms with Gasteiger partial charge in [0.15, 0.2) is 4.87 Å². The van der Waals surface area contributed by atoms with Crippen LogP contribution in [-0.4, -0.2) is 36.5 Å². The Bertz CT molecular complexity index is 1380. The summed E-state index contributed by atoms with van der Waals surface area (Å²) in [5.74, 6) is -0.732. The van der Waals surface area contributed by atoms with Crippen molar-refractivity contribution >= 4 is 46.4 Å². The van der Waals surface area contributed by atoms with E-state index in [1.165, 1.54) is 34.9 Å². The van der Waals surface area contributed by atoms with Crippen LogP contribution in [0.25, 0.3) is 10.4 Å². The summed E-state index contributed by atoms with van der Waals surface area (Å²) in [6, 6.07) is 15.0. The predicted molar refractivity (Wildman–Crippen MR) is 141 cm³/mol. The summed E-state index contributed by atoms with van der Waals surface area (Å²) in [6.07, 6.45) is 0.449. The number of hydrogen-bond donors (Lipinski definition) is 4. The molecule has 0 fully saturated rings. The summed E-state index contributed by atoms with van der Waals surface area (Å²) < 4.78 is 30.0. The van der Waals surface area contributed by atoms with E-state index in [1.807, 2.05) is 29.6 Å². The molecule has 12 heteroatoms. The van der Waals surface area contributed by atoms with E-state index < -0.39 is 23.4 Å². The fraction of sp³-hybridized carbons (Fsp3) is 0.200. The Kier molecular flexibility index (Phi) is 6.69. The number of carbonyl (C=O) groups is 2. The normalized spacial score (nSPS) is 18.9. The van der Waals surface area contributed by atoms with Crippen molar-refractivity contribution in [2.24, 2.45) is 5.73 Å². The fourth-order valence-electron chi connectivity index (χ4n) is 4.34. The predicted octanol–water partition coefficient (Wildman–Crippen LogP) is 4.72. The minimum atomic E-state index is -3.02. The molecule has 0 radical (unpaired) electrons. The second kappa shape index (κ2) is 9.94. The van der Waals surface area contributed by atoms with Gasteiger partial charge < -0.3 is 31.7 Å². The summed E-state index contributed by atoms with van der Waals surface area (Å²) in [6.45, 7) is -2.47. The van der Waals surface area contributed by atoms with Gasteiger partial charge in [0.25, 0.3) is 5.91 Å². The molecule has 3 aromatic rings. The monoisotopic (exact) mass is 543 g/mol. The summed E-state index contributed by atoms with van der Waals surface area (Å²) in [5, 5.41) is 7.91. The van der Waals surface area contributed by atoms with E-state index in [0.717, 1.165) is 21.0 Å². The number of nitrogens with two attached hydrogens (primary N) is 2. The third-order valence-electron chi connectivity index (χ3n) is 6.12. The lowest BCUT2D eigenvalue weighted by molar-refractivity contribution is -0.121. The molecule has 2 aromatic carbocycles. The van der Waals surface area contributed by atoms with Crippen LogP contribution < -0.4 is 26.8 Å². The highest BCUT2D eigenvalue weighted by Gasteiger charge is 2.48. The first-order chi connectivity index (χ1) is 17.8. The molecule has 0 bridgehead atoms. The van der Waals surface area contributed by atoms with Gasteiger partial charge in [0, 0.05) is 39.7 Å². The van der Waals surface area contributed by atoms with E-state index >= 15 is 0 Å². The molecule has 2 aliphatic rings. The molecule has 0 aliphatic carbocycles. The molecule has 8 nitrogen and oxygen atoms in total. The lowest BCUT2D eigenvalue weighted by atomic mass is 9.99. The zero-order valence-electron chi connectivity index (χ0n) is 19.4. The molecule has 1 aromatic heterocycles. The zero-order valence-corrected chi connectivity index (χ0v) is 21.0. The largest absolute Gasteiger partial charge is 0.433 e. The number of alkyl halides is 2. The number of para-hydroxylation sites is 2. The fourth-order valence-corrected chi connectivity index (χ4v) is 6.50. The number of ether oxygens (including phenoxy) is 1. The molecule has 5 rings (SSSR count). The molecule has 2 aliphatic heterocycles. The highest BCUT2D eigenvalue weighted by Crippen LogP contribution is 2.50. The molecule has 37 heavy (non-hydrogen) atoms. The van der Waals surface area contributed by atoms with E-state index in [-0.39, 0.29) is 18.0 Å². The second-order valence-electron chi connectivity index (χ2n) is 8.43. The Morgan fingerprint density at radius 1 is 1.16 bits per heavy atom. The Hall–Kier alpha value is -3.77. The zero-order chi connectivity index (χ0) is 26.2. The number of amides is 3. The lowest BCUT2D eigenvalue weighted by Crippen LogP contribution is -2.47. The number of carbonyl (C=O) groups excluding carboxylic acids is 2. The molecule has 0 saturated heterocycles. The van der Waals surface area contributed by atoms with Crippen LogP contribution in [0.2, 0.25) is 0 Å². The number of thiophene rings is 1. The third kappa shape index (κ3) is 4.81. The smallest absolute Gasteiger partial charge is 0.387 e. The average Bonchev–Trinajstić information content (AvgIpc) is 3.53. The van der Waals surface area contributed by atoms with Gasteiger partial charge in [-0.25, -0.2) is 4.79 Å². The van der Waals surface area contributed by atoms with Crippen LogP contribution in [0.4, 0.5) is 25.0 Å². The van der Waals surface area contributed by atoms with E-state index in [9.17, 15) is 18.4 Å². The number of rotatable bonds is 6. The molecule has 1 atom stereocenters. The van der Waals surface area contributed by atoms with Crippen LogP contribution >= 0.6 is 23.1 Å². The molecule has 0 saturated carbocycles. The van der Waals surface area contributed by atoms with Gasteiger partial charge in [-0.2, -0.15) is 8.78 Å². The number of nitrogens with zero attached hydrogens (tertiary/aromatic N) is 1. The maximum Gasteiger partial charge on any atom is 0.387 e. The minimum absolute atomic E-state index is 0.131. The third-order valence-corrected chi connectivity index (χ3v) is 8.49. The van der Waals surface area contributed by atoms with Gasteiger partial charge in [-0.3, -0.25) is 4.79 Å². The van der Waals surface area contributed by atoms with Crippen molar-refractivity contribution in [1.82, 2.24) is 10.2 Å². The number of hydrogen-bond acceptors (Lipinski definition) is 7. The lowest BCUT2D eigenvalue weighted by Gasteiger charge is -2.29. The van der Waals surface area contributed by atoms with Gasteiger partial charge >= 0.3 is 12.6 Å². The van der Waals surface area contributed by atoms with Crippen LogP contribution in [-0.2, 0) is 9.67 Å². The standard InChI is InChI=1S/C25H23F2N5O3S2/c26-23(27)35-19-5-2-1-4-17(19)30-24(34)32-10-9-18-21(13-32)37-25(31-18,22(29)33)15-12-14(7-8-16(15)28)20-6-3-11-36-20/h1-8,11-12,23,31H,9-10,13,28H2,(H2,29,33)(H,30,34). The Balaban J connectivity index is 1.36. The van der Waals surface area contributed by atoms with Gasteiger partial charge in [-0.15, -0.1) is 11.3 Å². The maximum absolute atomic E-state index is 13.0. The summed E-state index contributed by atoms with van der Waals surface area (Å²) in [4.78, 5) is 27.9. The Labute approximate surface area is 219 Å². The highest BCUT2D eigenvalue weighted by atomic mass is 32.2. The summed E-state index contributed by atoms with van der Waals surface area (Å²) >= 11 is 2.81. The van der Waals surface area contributed by atoms with E-state index in [2.05, 4.69) is 15.4 Å². The first-order valence-electron chi connectivity index (χ1n) is 11.3. The molecule has 3 heterocycles. The van der Waals surface area contributed by atoms with Crippen LogP contribution in [0, 0.1) is 0 Å². The number of nitrogens with one attached hydrogen (secondary N) is 2. The van der Waals surface area contributed by atoms with Crippen LogP contribution in [0.3, 0.4) is 0 Å². The number of urea groups is 1. The van der Waals surface area contributed by atoms with Gasteiger partial charge in [-0.05, 0) is 41.3 Å². The number of benzene rings is 2. The second-order valence-corrected chi connectivity index (χ2v) is 10.7. The van der Waals surface area contributed by atoms with Crippen molar-refractivity contribution in [2.75, 3.05) is 24.1 Å². The summed E-state index contributed by atoms with van der Waals surface area (Å²) in [5.41, 5.74) is 15.1. The molecule has 3 amide bonds. The van der Waals surface area contributed by atoms with Crippen LogP contribution in [0.5, 0.6) is 5.75 Å². The van der Waals surface area contributed by atoms with Gasteiger partial charge in [0.1, 0.15) is 5.75 Å². The van der Waals surface area contributed by atoms with E-state index in [0.29, 0.717) is 24.2 Å². The Morgan fingerprint density at radius 2 is 1.97 bits per heavy atom. The van der Waals surface area contributed by atoms with Crippen molar-refractivity contribution < 1.29 is 23.1 Å². The Morgan fingerprint density at radius 3 is 2.70 bits per heavy atom. The maximum atomic E-state index is 13.0. The quantitative estimate of drug-likeness (QED) is 0.334. The number of nitrogen functional groups attached to an aromatic ring is 1. The molecular weight excluding hydrogens is 520 g/mol. The van der Waals surface area contributed by atoms with Gasteiger partial charge in [0.2, 0.25) is 0 Å².